The highest BCUT2D eigenvalue weighted by Gasteiger charge is 2.32. The third-order valence-electron chi connectivity index (χ3n) is 6.69. The van der Waals surface area contributed by atoms with Gasteiger partial charge in [-0.3, -0.25) is 9.59 Å². The average molecular weight is 540 g/mol. The Labute approximate surface area is 225 Å². The predicted molar refractivity (Wildman–Crippen MR) is 149 cm³/mol. The van der Waals surface area contributed by atoms with Crippen LogP contribution in [0.5, 0.6) is 5.75 Å². The van der Waals surface area contributed by atoms with Crippen molar-refractivity contribution in [3.8, 4) is 5.75 Å². The van der Waals surface area contributed by atoms with E-state index in [1.807, 2.05) is 57.2 Å². The number of ether oxygens (including phenoxy) is 1. The van der Waals surface area contributed by atoms with Gasteiger partial charge in [0.15, 0.2) is 0 Å². The summed E-state index contributed by atoms with van der Waals surface area (Å²) in [5.74, 6) is -0.0445. The normalized spacial score (nSPS) is 13.2. The van der Waals surface area contributed by atoms with E-state index in [0.29, 0.717) is 12.2 Å². The smallest absolute Gasteiger partial charge is 0.243 e. The van der Waals surface area contributed by atoms with Crippen LogP contribution in [0.15, 0.2) is 71.6 Å². The van der Waals surface area contributed by atoms with E-state index in [4.69, 9.17) is 4.74 Å². The van der Waals surface area contributed by atoms with E-state index in [1.54, 1.807) is 37.4 Å². The number of amides is 2. The molecular formula is C29H37N3O5S. The van der Waals surface area contributed by atoms with Gasteiger partial charge < -0.3 is 15.0 Å². The van der Waals surface area contributed by atoms with E-state index in [1.165, 1.54) is 11.9 Å². The maximum atomic E-state index is 13.6. The maximum absolute atomic E-state index is 13.6. The molecule has 0 saturated carbocycles. The number of hydrogen-bond donors (Lipinski definition) is 1. The summed E-state index contributed by atoms with van der Waals surface area (Å²) in [6.45, 7) is 5.46. The van der Waals surface area contributed by atoms with Crippen molar-refractivity contribution >= 4 is 32.6 Å². The van der Waals surface area contributed by atoms with Gasteiger partial charge in [0.25, 0.3) is 0 Å². The monoisotopic (exact) mass is 539 g/mol. The average Bonchev–Trinajstić information content (AvgIpc) is 2.92. The number of carbonyl (C=O) groups excluding carboxylic acids is 2. The summed E-state index contributed by atoms with van der Waals surface area (Å²) in [4.78, 5) is 28.4. The summed E-state index contributed by atoms with van der Waals surface area (Å²) >= 11 is 0. The van der Waals surface area contributed by atoms with E-state index >= 15 is 0 Å². The number of sulfonamides is 1. The van der Waals surface area contributed by atoms with Gasteiger partial charge in [-0.25, -0.2) is 8.42 Å². The Morgan fingerprint density at radius 2 is 1.61 bits per heavy atom. The number of rotatable bonds is 12. The number of methoxy groups -OCH3 is 1. The number of nitrogens with zero attached hydrogens (tertiary/aromatic N) is 2. The molecule has 0 spiro atoms. The molecule has 0 bridgehead atoms. The summed E-state index contributed by atoms with van der Waals surface area (Å²) in [6, 6.07) is 18.8. The largest absolute Gasteiger partial charge is 0.497 e. The molecule has 0 fully saturated rings. The van der Waals surface area contributed by atoms with Crippen LogP contribution in [0.25, 0.3) is 10.8 Å². The van der Waals surface area contributed by atoms with Gasteiger partial charge in [-0.15, -0.1) is 0 Å². The van der Waals surface area contributed by atoms with Crippen LogP contribution in [-0.4, -0.2) is 62.2 Å². The van der Waals surface area contributed by atoms with Gasteiger partial charge in [0.2, 0.25) is 21.8 Å². The number of benzene rings is 3. The van der Waals surface area contributed by atoms with Crippen molar-refractivity contribution < 1.29 is 22.7 Å². The van der Waals surface area contributed by atoms with Crippen molar-refractivity contribution in [1.29, 1.82) is 0 Å². The molecule has 0 saturated heterocycles. The molecule has 0 aliphatic heterocycles. The molecule has 8 nitrogen and oxygen atoms in total. The Morgan fingerprint density at radius 3 is 2.21 bits per heavy atom. The molecule has 0 aromatic heterocycles. The highest BCUT2D eigenvalue weighted by Crippen LogP contribution is 2.22. The van der Waals surface area contributed by atoms with Gasteiger partial charge in [-0.05, 0) is 60.4 Å². The van der Waals surface area contributed by atoms with Crippen molar-refractivity contribution in [1.82, 2.24) is 14.5 Å². The number of nitrogens with one attached hydrogen (secondary N) is 1. The van der Waals surface area contributed by atoms with Crippen LogP contribution in [-0.2, 0) is 26.2 Å². The third kappa shape index (κ3) is 6.90. The summed E-state index contributed by atoms with van der Waals surface area (Å²) in [6.07, 6.45) is 1.13. The van der Waals surface area contributed by atoms with Crippen molar-refractivity contribution in [2.75, 3.05) is 20.7 Å². The number of fused-ring (bicyclic) bond motifs is 1. The quantitative estimate of drug-likeness (QED) is 0.372. The maximum Gasteiger partial charge on any atom is 0.243 e. The molecule has 1 N–H and O–H groups in total. The fraction of sp³-hybridized carbons (Fsp3) is 0.379. The first kappa shape index (κ1) is 29.1. The van der Waals surface area contributed by atoms with E-state index in [2.05, 4.69) is 5.32 Å². The predicted octanol–water partition coefficient (Wildman–Crippen LogP) is 4.19. The SMILES string of the molecule is CCC(C)NC(=O)C(CC)N(Cc1ccc(OC)cc1)C(=O)CN(C)S(=O)(=O)c1ccc2ccccc2c1. The zero-order valence-corrected chi connectivity index (χ0v) is 23.5. The second-order valence-electron chi connectivity index (χ2n) is 9.38. The molecular weight excluding hydrogens is 502 g/mol. The first-order valence-corrected chi connectivity index (χ1v) is 14.2. The van der Waals surface area contributed by atoms with Crippen LogP contribution in [0.4, 0.5) is 0 Å². The molecule has 2 unspecified atom stereocenters. The van der Waals surface area contributed by atoms with Crippen LogP contribution < -0.4 is 10.1 Å². The molecule has 3 aromatic rings. The molecule has 9 heteroatoms. The Morgan fingerprint density at radius 1 is 0.947 bits per heavy atom. The van der Waals surface area contributed by atoms with Gasteiger partial charge in [0.1, 0.15) is 11.8 Å². The van der Waals surface area contributed by atoms with Crippen LogP contribution in [0, 0.1) is 0 Å². The molecule has 3 aromatic carbocycles. The van der Waals surface area contributed by atoms with Gasteiger partial charge >= 0.3 is 0 Å². The standard InChI is InChI=1S/C29H37N3O5S/c1-6-21(3)30-29(34)27(7-2)32(19-22-12-15-25(37-5)16-13-22)28(33)20-31(4)38(35,36)26-17-14-23-10-8-9-11-24(23)18-26/h8-18,21,27H,6-7,19-20H2,1-5H3,(H,30,34). The fourth-order valence-electron chi connectivity index (χ4n) is 4.16. The van der Waals surface area contributed by atoms with Gasteiger partial charge in [-0.1, -0.05) is 56.3 Å². The lowest BCUT2D eigenvalue weighted by Gasteiger charge is -2.32. The second-order valence-corrected chi connectivity index (χ2v) is 11.4. The molecule has 2 amide bonds. The lowest BCUT2D eigenvalue weighted by atomic mass is 10.1. The summed E-state index contributed by atoms with van der Waals surface area (Å²) in [5.41, 5.74) is 0.800. The Kier molecular flexibility index (Phi) is 9.88. The highest BCUT2D eigenvalue weighted by molar-refractivity contribution is 7.89. The molecule has 2 atom stereocenters. The molecule has 0 aliphatic rings. The van der Waals surface area contributed by atoms with Crippen LogP contribution in [0.3, 0.4) is 0 Å². The van der Waals surface area contributed by atoms with Gasteiger partial charge in [0, 0.05) is 19.6 Å². The lowest BCUT2D eigenvalue weighted by molar-refractivity contribution is -0.141. The third-order valence-corrected chi connectivity index (χ3v) is 8.49. The minimum absolute atomic E-state index is 0.0505. The molecule has 0 heterocycles. The highest BCUT2D eigenvalue weighted by atomic mass is 32.2. The van der Waals surface area contributed by atoms with Crippen molar-refractivity contribution in [2.45, 2.75) is 57.1 Å². The molecule has 0 aliphatic carbocycles. The van der Waals surface area contributed by atoms with E-state index < -0.39 is 28.5 Å². The van der Waals surface area contributed by atoms with Crippen LogP contribution in [0.2, 0.25) is 0 Å². The van der Waals surface area contributed by atoms with Crippen molar-refractivity contribution in [2.24, 2.45) is 0 Å². The first-order valence-electron chi connectivity index (χ1n) is 12.8. The fourth-order valence-corrected chi connectivity index (χ4v) is 5.32. The lowest BCUT2D eigenvalue weighted by Crippen LogP contribution is -2.53. The van der Waals surface area contributed by atoms with E-state index in [0.717, 1.165) is 27.1 Å². The summed E-state index contributed by atoms with van der Waals surface area (Å²) in [5, 5.41) is 4.68. The van der Waals surface area contributed by atoms with E-state index in [-0.39, 0.29) is 23.4 Å². The zero-order valence-electron chi connectivity index (χ0n) is 22.7. The van der Waals surface area contributed by atoms with Gasteiger partial charge in [0.05, 0.1) is 18.6 Å². The zero-order chi connectivity index (χ0) is 27.9. The van der Waals surface area contributed by atoms with Gasteiger partial charge in [-0.2, -0.15) is 4.31 Å². The number of hydrogen-bond acceptors (Lipinski definition) is 5. The molecule has 204 valence electrons. The molecule has 0 radical (unpaired) electrons. The van der Waals surface area contributed by atoms with Crippen molar-refractivity contribution in [3.63, 3.8) is 0 Å². The number of carbonyl (C=O) groups is 2. The number of likely N-dealkylation sites (N-methyl/N-ethyl adjacent to an activating group) is 1. The molecule has 38 heavy (non-hydrogen) atoms. The topological polar surface area (TPSA) is 96.0 Å². The summed E-state index contributed by atoms with van der Waals surface area (Å²) in [7, 11) is -0.992. The first-order chi connectivity index (χ1) is 18.1. The minimum Gasteiger partial charge on any atom is -0.497 e. The Hall–Kier alpha value is -3.43. The Balaban J connectivity index is 1.88. The second kappa shape index (κ2) is 12.9. The Bertz CT molecular complexity index is 1360. The molecule has 3 rings (SSSR count). The van der Waals surface area contributed by atoms with Crippen LogP contribution >= 0.6 is 0 Å². The van der Waals surface area contributed by atoms with Crippen molar-refractivity contribution in [3.05, 3.63) is 72.3 Å². The van der Waals surface area contributed by atoms with Crippen LogP contribution in [0.1, 0.15) is 39.2 Å². The summed E-state index contributed by atoms with van der Waals surface area (Å²) < 4.78 is 33.0. The van der Waals surface area contributed by atoms with E-state index in [9.17, 15) is 18.0 Å². The minimum atomic E-state index is -3.95.